The van der Waals surface area contributed by atoms with Crippen molar-refractivity contribution in [2.24, 2.45) is 5.14 Å². The molecule has 0 aromatic carbocycles. The van der Waals surface area contributed by atoms with E-state index in [0.29, 0.717) is 0 Å². The fourth-order valence-electron chi connectivity index (χ4n) is 0. The summed E-state index contributed by atoms with van der Waals surface area (Å²) >= 11 is 0. The van der Waals surface area contributed by atoms with Gasteiger partial charge in [-0.3, -0.25) is 4.55 Å². The zero-order valence-electron chi connectivity index (χ0n) is 2.96. The van der Waals surface area contributed by atoms with Crippen molar-refractivity contribution in [3.05, 3.63) is 0 Å². The van der Waals surface area contributed by atoms with Crippen molar-refractivity contribution in [3.8, 4) is 0 Å². The molecule has 6 heteroatoms. The molecule has 4 nitrogen and oxygen atoms in total. The maximum atomic E-state index is 8.97. The summed E-state index contributed by atoms with van der Waals surface area (Å²) in [7, 11) is -4.17. The quantitative estimate of drug-likeness (QED) is 0.390. The molecule has 0 unspecified atom stereocenters. The van der Waals surface area contributed by atoms with Crippen LogP contribution in [0, 0.1) is 0 Å². The fraction of sp³-hybridized carbons (Fsp3) is 0. The van der Waals surface area contributed by atoms with Crippen LogP contribution in [0.4, 0.5) is 0 Å². The SMILES string of the molecule is NS(=O)(=O)O.[Ba]. The molecule has 0 amide bonds. The van der Waals surface area contributed by atoms with Crippen molar-refractivity contribution in [2.45, 2.75) is 0 Å². The molecule has 0 aromatic rings. The standard InChI is InChI=1S/Ba.H3NO3S/c;1-5(2,3)4/h;(H3,1,2,3,4). The summed E-state index contributed by atoms with van der Waals surface area (Å²) in [6, 6.07) is 0. The van der Waals surface area contributed by atoms with Crippen molar-refractivity contribution in [1.29, 1.82) is 0 Å². The van der Waals surface area contributed by atoms with Gasteiger partial charge in [0.2, 0.25) is 0 Å². The zero-order valence-corrected chi connectivity index (χ0v) is 8.21. The van der Waals surface area contributed by atoms with E-state index in [1.165, 1.54) is 0 Å². The largest absolute Gasteiger partial charge is 0.330 e. The minimum atomic E-state index is -4.17. The molecule has 0 aromatic heterocycles. The molecule has 0 saturated heterocycles. The van der Waals surface area contributed by atoms with Gasteiger partial charge in [0.25, 0.3) is 0 Å². The molecule has 6 heavy (non-hydrogen) atoms. The normalized spacial score (nSPS) is 9.67. The Balaban J connectivity index is 0. The summed E-state index contributed by atoms with van der Waals surface area (Å²) in [5.41, 5.74) is 0. The summed E-state index contributed by atoms with van der Waals surface area (Å²) in [6.45, 7) is 0. The van der Waals surface area contributed by atoms with Gasteiger partial charge >= 0.3 is 10.3 Å². The Hall–Kier alpha value is 1.44. The third-order valence-electron chi connectivity index (χ3n) is 0. The van der Waals surface area contributed by atoms with Crippen LogP contribution in [-0.2, 0) is 10.3 Å². The van der Waals surface area contributed by atoms with Crippen LogP contribution in [0.3, 0.4) is 0 Å². The molecular formula is H3BaNO3S. The third-order valence-corrected chi connectivity index (χ3v) is 0. The molecule has 0 aliphatic carbocycles. The van der Waals surface area contributed by atoms with Crippen LogP contribution < -0.4 is 5.14 Å². The first-order valence-corrected chi connectivity index (χ1v) is 2.25. The number of hydrogen-bond donors (Lipinski definition) is 2. The second-order valence-electron chi connectivity index (χ2n) is 0.515. The Bertz CT molecular complexity index is 94.0. The summed E-state index contributed by atoms with van der Waals surface area (Å²) in [5.74, 6) is 0. The molecule has 0 rings (SSSR count). The van der Waals surface area contributed by atoms with Crippen molar-refractivity contribution in [3.63, 3.8) is 0 Å². The molecule has 0 aliphatic rings. The van der Waals surface area contributed by atoms with E-state index in [9.17, 15) is 0 Å². The molecule has 0 bridgehead atoms. The van der Waals surface area contributed by atoms with Gasteiger partial charge < -0.3 is 0 Å². The number of nitrogens with two attached hydrogens (primary N) is 1. The Morgan fingerprint density at radius 1 is 1.50 bits per heavy atom. The van der Waals surface area contributed by atoms with Gasteiger partial charge in [0.15, 0.2) is 0 Å². The Kier molecular flexibility index (Phi) is 5.99. The summed E-state index contributed by atoms with van der Waals surface area (Å²) in [6.07, 6.45) is 0. The molecule has 0 spiro atoms. The second kappa shape index (κ2) is 3.44. The first-order valence-electron chi connectivity index (χ1n) is 0.752. The van der Waals surface area contributed by atoms with E-state index >= 15 is 0 Å². The molecule has 0 saturated carbocycles. The van der Waals surface area contributed by atoms with Gasteiger partial charge in [0.1, 0.15) is 0 Å². The minimum Gasteiger partial charge on any atom is -0.274 e. The topological polar surface area (TPSA) is 80.4 Å². The monoisotopic (exact) mass is 235 g/mol. The van der Waals surface area contributed by atoms with Crippen molar-refractivity contribution < 1.29 is 13.0 Å². The van der Waals surface area contributed by atoms with Gasteiger partial charge in [-0.05, 0) is 0 Å². The smallest absolute Gasteiger partial charge is 0.274 e. The number of rotatable bonds is 0. The van der Waals surface area contributed by atoms with Crippen LogP contribution >= 0.6 is 0 Å². The molecule has 2 radical (unpaired) electrons. The van der Waals surface area contributed by atoms with Crippen molar-refractivity contribution in [2.75, 3.05) is 0 Å². The minimum absolute atomic E-state index is 0. The van der Waals surface area contributed by atoms with Crippen LogP contribution in [0.2, 0.25) is 0 Å². The van der Waals surface area contributed by atoms with Crippen LogP contribution in [0.25, 0.3) is 0 Å². The Morgan fingerprint density at radius 3 is 1.50 bits per heavy atom. The van der Waals surface area contributed by atoms with Crippen LogP contribution in [0.1, 0.15) is 0 Å². The van der Waals surface area contributed by atoms with E-state index in [1.54, 1.807) is 0 Å². The Labute approximate surface area is 76.1 Å². The first kappa shape index (κ1) is 10.4. The first-order chi connectivity index (χ1) is 2.00. The zero-order chi connectivity index (χ0) is 4.50. The van der Waals surface area contributed by atoms with Crippen molar-refractivity contribution in [1.82, 2.24) is 0 Å². The van der Waals surface area contributed by atoms with Crippen molar-refractivity contribution >= 4 is 59.2 Å². The van der Waals surface area contributed by atoms with E-state index in [1.807, 2.05) is 0 Å². The second-order valence-corrected chi connectivity index (χ2v) is 1.54. The molecule has 0 aliphatic heterocycles. The van der Waals surface area contributed by atoms with E-state index in [-0.39, 0.29) is 48.9 Å². The van der Waals surface area contributed by atoms with Gasteiger partial charge in [0, 0.05) is 48.9 Å². The summed E-state index contributed by atoms with van der Waals surface area (Å²) < 4.78 is 25.2. The average molecular weight is 234 g/mol. The predicted molar refractivity (Wildman–Crippen MR) is 21.5 cm³/mol. The van der Waals surface area contributed by atoms with Gasteiger partial charge in [0.05, 0.1) is 0 Å². The molecule has 0 fully saturated rings. The summed E-state index contributed by atoms with van der Waals surface area (Å²) in [4.78, 5) is 0. The predicted octanol–water partition coefficient (Wildman–Crippen LogP) is -1.63. The fourth-order valence-corrected chi connectivity index (χ4v) is 0. The average Bonchev–Trinajstić information content (AvgIpc) is 0.722. The maximum absolute atomic E-state index is 8.97. The molecule has 0 heterocycles. The van der Waals surface area contributed by atoms with Crippen LogP contribution in [0.5, 0.6) is 0 Å². The Morgan fingerprint density at radius 2 is 1.50 bits per heavy atom. The third kappa shape index (κ3) is 51.7. The van der Waals surface area contributed by atoms with E-state index in [4.69, 9.17) is 13.0 Å². The van der Waals surface area contributed by atoms with Gasteiger partial charge in [-0.25, -0.2) is 5.14 Å². The molecule has 3 N–H and O–H groups in total. The van der Waals surface area contributed by atoms with E-state index in [2.05, 4.69) is 5.14 Å². The van der Waals surface area contributed by atoms with Crippen LogP contribution in [-0.4, -0.2) is 61.9 Å². The maximum Gasteiger partial charge on any atom is 0.330 e. The van der Waals surface area contributed by atoms with E-state index in [0.717, 1.165) is 0 Å². The molecule has 34 valence electrons. The van der Waals surface area contributed by atoms with Gasteiger partial charge in [-0.2, -0.15) is 8.42 Å². The van der Waals surface area contributed by atoms with Gasteiger partial charge in [-0.1, -0.05) is 0 Å². The van der Waals surface area contributed by atoms with E-state index < -0.39 is 10.3 Å². The van der Waals surface area contributed by atoms with Gasteiger partial charge in [-0.15, -0.1) is 0 Å². The number of hydrogen-bond acceptors (Lipinski definition) is 2. The molecule has 0 atom stereocenters. The van der Waals surface area contributed by atoms with Crippen LogP contribution in [0.15, 0.2) is 0 Å². The molecular weight excluding hydrogens is 231 g/mol. The summed E-state index contributed by atoms with van der Waals surface area (Å²) in [5, 5.41) is 3.88.